The van der Waals surface area contributed by atoms with Gasteiger partial charge in [-0.1, -0.05) is 0 Å². The number of aryl methyl sites for hydroxylation is 1. The van der Waals surface area contributed by atoms with Gasteiger partial charge in [-0.25, -0.2) is 13.6 Å². The number of carboxylic acid groups (broad SMARTS) is 1. The Kier molecular flexibility index (Phi) is 3.97. The lowest BCUT2D eigenvalue weighted by Crippen LogP contribution is -2.33. The zero-order chi connectivity index (χ0) is 13.0. The van der Waals surface area contributed by atoms with Gasteiger partial charge in [-0.3, -0.25) is 4.79 Å². The van der Waals surface area contributed by atoms with Crippen molar-refractivity contribution in [1.29, 1.82) is 0 Å². The molecule has 0 aliphatic heterocycles. The molecule has 0 radical (unpaired) electrons. The third-order valence-electron chi connectivity index (χ3n) is 1.90. The molecular formula is C10H10F2N2O3. The van der Waals surface area contributed by atoms with Gasteiger partial charge >= 0.3 is 12.0 Å². The van der Waals surface area contributed by atoms with Gasteiger partial charge in [0.1, 0.15) is 18.2 Å². The number of carbonyl (C=O) groups excluding carboxylic acids is 1. The number of carboxylic acids is 1. The van der Waals surface area contributed by atoms with Crippen molar-refractivity contribution in [3.05, 3.63) is 29.3 Å². The zero-order valence-electron chi connectivity index (χ0n) is 8.88. The SMILES string of the molecule is Cc1cc(F)c(NC(=O)NCC(=O)O)cc1F. The predicted octanol–water partition coefficient (Wildman–Crippen LogP) is 1.48. The number of rotatable bonds is 3. The summed E-state index contributed by atoms with van der Waals surface area (Å²) in [7, 11) is 0. The molecule has 0 aliphatic carbocycles. The summed E-state index contributed by atoms with van der Waals surface area (Å²) in [6, 6.07) is 0.835. The molecule has 0 saturated carbocycles. The molecule has 0 spiro atoms. The van der Waals surface area contributed by atoms with Gasteiger partial charge in [-0.05, 0) is 18.6 Å². The molecule has 1 aromatic rings. The van der Waals surface area contributed by atoms with E-state index < -0.39 is 30.2 Å². The molecule has 0 aromatic heterocycles. The van der Waals surface area contributed by atoms with Gasteiger partial charge in [0.15, 0.2) is 0 Å². The summed E-state index contributed by atoms with van der Waals surface area (Å²) in [5, 5.41) is 12.2. The minimum atomic E-state index is -1.24. The maximum atomic E-state index is 13.3. The molecule has 0 bridgehead atoms. The average Bonchev–Trinajstić information content (AvgIpc) is 2.23. The first-order valence-corrected chi connectivity index (χ1v) is 4.62. The summed E-state index contributed by atoms with van der Waals surface area (Å²) in [6.45, 7) is 0.772. The van der Waals surface area contributed by atoms with Gasteiger partial charge in [0.05, 0.1) is 5.69 Å². The number of aliphatic carboxylic acids is 1. The van der Waals surface area contributed by atoms with Gasteiger partial charge in [0.25, 0.3) is 0 Å². The zero-order valence-corrected chi connectivity index (χ0v) is 8.88. The van der Waals surface area contributed by atoms with E-state index >= 15 is 0 Å². The van der Waals surface area contributed by atoms with E-state index in [0.717, 1.165) is 12.1 Å². The van der Waals surface area contributed by atoms with E-state index in [1.54, 1.807) is 0 Å². The third-order valence-corrected chi connectivity index (χ3v) is 1.90. The first-order valence-electron chi connectivity index (χ1n) is 4.62. The first-order chi connectivity index (χ1) is 7.90. The minimum absolute atomic E-state index is 0.110. The van der Waals surface area contributed by atoms with Gasteiger partial charge in [0, 0.05) is 6.07 Å². The molecule has 0 fully saturated rings. The molecule has 1 rings (SSSR count). The van der Waals surface area contributed by atoms with Crippen molar-refractivity contribution in [2.45, 2.75) is 6.92 Å². The second-order valence-electron chi connectivity index (χ2n) is 3.28. The predicted molar refractivity (Wildman–Crippen MR) is 55.8 cm³/mol. The Balaban J connectivity index is 2.71. The highest BCUT2D eigenvalue weighted by Gasteiger charge is 2.10. The van der Waals surface area contributed by atoms with Crippen LogP contribution in [0.2, 0.25) is 0 Å². The molecule has 0 atom stereocenters. The Bertz CT molecular complexity index is 463. The number of nitrogens with one attached hydrogen (secondary N) is 2. The molecule has 5 nitrogen and oxygen atoms in total. The van der Waals surface area contributed by atoms with E-state index in [1.807, 2.05) is 10.6 Å². The molecule has 2 amide bonds. The van der Waals surface area contributed by atoms with Crippen molar-refractivity contribution >= 4 is 17.7 Å². The van der Waals surface area contributed by atoms with Crippen LogP contribution in [0.3, 0.4) is 0 Å². The van der Waals surface area contributed by atoms with Gasteiger partial charge in [-0.2, -0.15) is 0 Å². The number of hydrogen-bond acceptors (Lipinski definition) is 2. The molecule has 0 unspecified atom stereocenters. The van der Waals surface area contributed by atoms with E-state index in [-0.39, 0.29) is 11.3 Å². The van der Waals surface area contributed by atoms with Crippen molar-refractivity contribution in [2.75, 3.05) is 11.9 Å². The number of amides is 2. The fourth-order valence-electron chi connectivity index (χ4n) is 1.06. The standard InChI is InChI=1S/C10H10F2N2O3/c1-5-2-7(12)8(3-6(5)11)14-10(17)13-4-9(15)16/h2-3H,4H2,1H3,(H,15,16)(H2,13,14,17). The highest BCUT2D eigenvalue weighted by atomic mass is 19.1. The maximum absolute atomic E-state index is 13.3. The Morgan fingerprint density at radius 3 is 2.53 bits per heavy atom. The van der Waals surface area contributed by atoms with Crippen LogP contribution >= 0.6 is 0 Å². The fourth-order valence-corrected chi connectivity index (χ4v) is 1.06. The minimum Gasteiger partial charge on any atom is -0.480 e. The van der Waals surface area contributed by atoms with E-state index in [2.05, 4.69) is 0 Å². The van der Waals surface area contributed by atoms with E-state index in [4.69, 9.17) is 5.11 Å². The molecule has 0 aliphatic rings. The van der Waals surface area contributed by atoms with E-state index in [1.165, 1.54) is 6.92 Å². The van der Waals surface area contributed by atoms with Crippen LogP contribution in [0.5, 0.6) is 0 Å². The lowest BCUT2D eigenvalue weighted by Gasteiger charge is -2.08. The Morgan fingerprint density at radius 2 is 1.94 bits per heavy atom. The van der Waals surface area contributed by atoms with E-state index in [9.17, 15) is 18.4 Å². The number of anilines is 1. The quantitative estimate of drug-likeness (QED) is 0.753. The lowest BCUT2D eigenvalue weighted by atomic mass is 10.2. The summed E-state index contributed by atoms with van der Waals surface area (Å²) in [4.78, 5) is 21.2. The van der Waals surface area contributed by atoms with Crippen LogP contribution < -0.4 is 10.6 Å². The van der Waals surface area contributed by atoms with Crippen molar-refractivity contribution in [2.24, 2.45) is 0 Å². The lowest BCUT2D eigenvalue weighted by molar-refractivity contribution is -0.135. The Labute approximate surface area is 95.4 Å². The molecular weight excluding hydrogens is 234 g/mol. The van der Waals surface area contributed by atoms with Crippen LogP contribution in [0, 0.1) is 18.6 Å². The van der Waals surface area contributed by atoms with Crippen LogP contribution in [-0.2, 0) is 4.79 Å². The molecule has 92 valence electrons. The van der Waals surface area contributed by atoms with Gasteiger partial charge in [-0.15, -0.1) is 0 Å². The van der Waals surface area contributed by atoms with Crippen LogP contribution in [0.4, 0.5) is 19.3 Å². The summed E-state index contributed by atoms with van der Waals surface area (Å²) in [5.41, 5.74) is -0.241. The monoisotopic (exact) mass is 244 g/mol. The summed E-state index contributed by atoms with van der Waals surface area (Å²) >= 11 is 0. The van der Waals surface area contributed by atoms with Gasteiger partial charge in [0.2, 0.25) is 0 Å². The highest BCUT2D eigenvalue weighted by molar-refractivity contribution is 5.91. The highest BCUT2D eigenvalue weighted by Crippen LogP contribution is 2.18. The third kappa shape index (κ3) is 3.71. The number of halogens is 2. The van der Waals surface area contributed by atoms with Crippen molar-refractivity contribution in [1.82, 2.24) is 5.32 Å². The summed E-state index contributed by atoms with van der Waals surface area (Å²) in [6.07, 6.45) is 0. The maximum Gasteiger partial charge on any atom is 0.323 e. The van der Waals surface area contributed by atoms with Crippen molar-refractivity contribution in [3.63, 3.8) is 0 Å². The van der Waals surface area contributed by atoms with Crippen molar-refractivity contribution < 1.29 is 23.5 Å². The first kappa shape index (κ1) is 12.9. The molecule has 17 heavy (non-hydrogen) atoms. The number of urea groups is 1. The second-order valence-corrected chi connectivity index (χ2v) is 3.28. The smallest absolute Gasteiger partial charge is 0.323 e. The molecule has 7 heteroatoms. The fraction of sp³-hybridized carbons (Fsp3) is 0.200. The number of benzene rings is 1. The topological polar surface area (TPSA) is 78.4 Å². The number of carbonyl (C=O) groups is 2. The largest absolute Gasteiger partial charge is 0.480 e. The van der Waals surface area contributed by atoms with Crippen LogP contribution in [-0.4, -0.2) is 23.7 Å². The molecule has 0 heterocycles. The van der Waals surface area contributed by atoms with Crippen LogP contribution in [0.25, 0.3) is 0 Å². The van der Waals surface area contributed by atoms with Gasteiger partial charge < -0.3 is 15.7 Å². The molecule has 3 N–H and O–H groups in total. The number of hydrogen-bond donors (Lipinski definition) is 3. The van der Waals surface area contributed by atoms with Crippen LogP contribution in [0.15, 0.2) is 12.1 Å². The Hall–Kier alpha value is -2.18. The second kappa shape index (κ2) is 5.24. The summed E-state index contributed by atoms with van der Waals surface area (Å²) in [5.74, 6) is -2.70. The Morgan fingerprint density at radius 1 is 1.29 bits per heavy atom. The average molecular weight is 244 g/mol. The summed E-state index contributed by atoms with van der Waals surface area (Å²) < 4.78 is 26.4. The molecule has 0 saturated heterocycles. The van der Waals surface area contributed by atoms with Crippen LogP contribution in [0.1, 0.15) is 5.56 Å². The molecule has 1 aromatic carbocycles. The van der Waals surface area contributed by atoms with Crippen molar-refractivity contribution in [3.8, 4) is 0 Å². The van der Waals surface area contributed by atoms with E-state index in [0.29, 0.717) is 0 Å². The normalized spacial score (nSPS) is 9.82.